The van der Waals surface area contributed by atoms with Crippen LogP contribution in [0.25, 0.3) is 54.9 Å². The van der Waals surface area contributed by atoms with E-state index in [0.29, 0.717) is 0 Å². The molecule has 0 amide bonds. The molecular formula is C59H52Cl2Zr-2. The molecule has 0 fully saturated rings. The Morgan fingerprint density at radius 1 is 0.516 bits per heavy atom. The molecule has 0 saturated carbocycles. The third-order valence-electron chi connectivity index (χ3n) is 11.5. The van der Waals surface area contributed by atoms with Gasteiger partial charge in [-0.1, -0.05) is 131 Å². The Labute approximate surface area is 397 Å². The van der Waals surface area contributed by atoms with E-state index in [-0.39, 0.29) is 35.6 Å². The van der Waals surface area contributed by atoms with Crippen LogP contribution in [-0.2, 0) is 41.5 Å². The molecule has 0 unspecified atom stereocenters. The Morgan fingerprint density at radius 2 is 1.02 bits per heavy atom. The molecular weight excluding hydrogens is 871 g/mol. The topological polar surface area (TPSA) is 0 Å². The summed E-state index contributed by atoms with van der Waals surface area (Å²) in [6.07, 6.45) is 10.9. The third-order valence-corrected chi connectivity index (χ3v) is 12.9. The summed E-state index contributed by atoms with van der Waals surface area (Å²) in [4.78, 5) is 0. The van der Waals surface area contributed by atoms with Crippen LogP contribution >= 0.6 is 0 Å². The predicted octanol–water partition coefficient (Wildman–Crippen LogP) is 9.41. The van der Waals surface area contributed by atoms with Gasteiger partial charge in [0.2, 0.25) is 0 Å². The molecule has 10 rings (SSSR count). The zero-order valence-corrected chi connectivity index (χ0v) is 40.5. The van der Waals surface area contributed by atoms with Crippen molar-refractivity contribution in [1.29, 1.82) is 0 Å². The van der Waals surface area contributed by atoms with Crippen molar-refractivity contribution in [3.8, 4) is 33.4 Å². The van der Waals surface area contributed by atoms with E-state index in [1.165, 1.54) is 116 Å². The summed E-state index contributed by atoms with van der Waals surface area (Å²) >= 11 is 1.44. The maximum absolute atomic E-state index is 3.88. The molecule has 0 spiro atoms. The van der Waals surface area contributed by atoms with Crippen molar-refractivity contribution >= 4 is 24.8 Å². The molecule has 0 radical (unpaired) electrons. The maximum atomic E-state index is 3.88. The summed E-state index contributed by atoms with van der Waals surface area (Å²) < 4.78 is 1.42. The van der Waals surface area contributed by atoms with Gasteiger partial charge in [0, 0.05) is 0 Å². The summed E-state index contributed by atoms with van der Waals surface area (Å²) in [5.74, 6) is 0. The van der Waals surface area contributed by atoms with E-state index in [9.17, 15) is 0 Å². The van der Waals surface area contributed by atoms with Crippen molar-refractivity contribution < 1.29 is 49.0 Å². The van der Waals surface area contributed by atoms with Crippen LogP contribution in [0.3, 0.4) is 0 Å². The molecule has 2 aliphatic rings. The first kappa shape index (κ1) is 46.6. The summed E-state index contributed by atoms with van der Waals surface area (Å²) in [7, 11) is 0. The molecule has 308 valence electrons. The van der Waals surface area contributed by atoms with Crippen molar-refractivity contribution in [1.82, 2.24) is 0 Å². The molecule has 0 saturated heterocycles. The average molecular weight is 923 g/mol. The van der Waals surface area contributed by atoms with Crippen molar-refractivity contribution in [3.05, 3.63) is 228 Å². The van der Waals surface area contributed by atoms with Crippen LogP contribution in [0.15, 0.2) is 182 Å². The standard InChI is InChI=1S/C33H33.C21H14.C5H5.2ClH.Zr/c1-32(2,3)30-20-26-24(18-28(30)22-13-9-7-10-14-22)17-25-19-29(23-15-11-8-12-16-23)31(21-27(25)26)33(4,5)6;1-3-13-20-16(7-1)9-5-11-18(20)15-19-12-6-10-17-8-2-4-14-21(17)19;1-2-4-5-3-1;;;/h7-16,18,20-21H,17H2,1-6H3;1-14H;1-3H,4H2;2*1H;/q-1;;-1;;;+2/p-2. The fourth-order valence-corrected chi connectivity index (χ4v) is 9.55. The fourth-order valence-electron chi connectivity index (χ4n) is 8.47. The molecule has 2 aliphatic carbocycles. The van der Waals surface area contributed by atoms with E-state index in [1.54, 1.807) is 0 Å². The van der Waals surface area contributed by atoms with E-state index in [0.717, 1.165) is 12.8 Å². The minimum atomic E-state index is 0. The van der Waals surface area contributed by atoms with Crippen molar-refractivity contribution in [2.45, 2.75) is 65.2 Å². The summed E-state index contributed by atoms with van der Waals surface area (Å²) in [5.41, 5.74) is 16.2. The number of allylic oxidation sites excluding steroid dienone is 4. The SMILES string of the molecule is CC(C)(C)c1cc2c([c-]c1-c1ccccc1)Cc1cc(-c3ccccc3)c(C(C)(C)C)cc1-2.[C-]1=CC=CC1.[Cl-].[Cl-].[Zr+2]=[C](c1cccc2ccccc12)c1cccc2ccccc12. The van der Waals surface area contributed by atoms with Gasteiger partial charge in [-0.25, -0.2) is 12.2 Å². The molecule has 0 aliphatic heterocycles. The van der Waals surface area contributed by atoms with Gasteiger partial charge in [0.1, 0.15) is 0 Å². The second kappa shape index (κ2) is 20.1. The van der Waals surface area contributed by atoms with Gasteiger partial charge in [0.25, 0.3) is 0 Å². The quantitative estimate of drug-likeness (QED) is 0.155. The van der Waals surface area contributed by atoms with Crippen molar-refractivity contribution in [2.75, 3.05) is 0 Å². The predicted molar refractivity (Wildman–Crippen MR) is 254 cm³/mol. The number of hydrogen-bond donors (Lipinski definition) is 0. The van der Waals surface area contributed by atoms with Crippen LogP contribution in [0.2, 0.25) is 0 Å². The molecule has 62 heavy (non-hydrogen) atoms. The van der Waals surface area contributed by atoms with Gasteiger partial charge < -0.3 is 24.8 Å². The van der Waals surface area contributed by atoms with Crippen molar-refractivity contribution in [2.24, 2.45) is 0 Å². The monoisotopic (exact) mass is 920 g/mol. The zero-order valence-electron chi connectivity index (χ0n) is 36.5. The van der Waals surface area contributed by atoms with Gasteiger partial charge in [-0.15, -0.1) is 35.2 Å². The van der Waals surface area contributed by atoms with Crippen LogP contribution < -0.4 is 24.8 Å². The molecule has 0 nitrogen and oxygen atoms in total. The number of halogens is 2. The third kappa shape index (κ3) is 10.1. The summed E-state index contributed by atoms with van der Waals surface area (Å²) in [6.45, 7) is 13.9. The second-order valence-electron chi connectivity index (χ2n) is 17.8. The first-order chi connectivity index (χ1) is 29.0. The molecule has 0 N–H and O–H groups in total. The first-order valence-electron chi connectivity index (χ1n) is 21.1. The molecule has 0 aromatic heterocycles. The Balaban J connectivity index is 0.000000190. The van der Waals surface area contributed by atoms with Gasteiger partial charge >= 0.3 is 145 Å². The second-order valence-corrected chi connectivity index (χ2v) is 19.1. The van der Waals surface area contributed by atoms with Gasteiger partial charge in [-0.3, -0.25) is 6.08 Å². The molecule has 8 aromatic rings. The molecule has 0 atom stereocenters. The van der Waals surface area contributed by atoms with E-state index in [2.05, 4.69) is 224 Å². The van der Waals surface area contributed by atoms with E-state index >= 15 is 0 Å². The molecule has 8 aromatic carbocycles. The van der Waals surface area contributed by atoms with Crippen LogP contribution in [0, 0.1) is 12.1 Å². The van der Waals surface area contributed by atoms with E-state index < -0.39 is 0 Å². The summed E-state index contributed by atoms with van der Waals surface area (Å²) in [5, 5.41) is 5.29. The van der Waals surface area contributed by atoms with Gasteiger partial charge in [0.05, 0.1) is 0 Å². The Hall–Kier alpha value is -4.91. The van der Waals surface area contributed by atoms with E-state index in [1.807, 2.05) is 12.2 Å². The minimum absolute atomic E-state index is 0. The molecule has 3 heteroatoms. The summed E-state index contributed by atoms with van der Waals surface area (Å²) in [6, 6.07) is 63.3. The van der Waals surface area contributed by atoms with Crippen molar-refractivity contribution in [3.63, 3.8) is 0 Å². The number of benzene rings is 8. The average Bonchev–Trinajstić information content (AvgIpc) is 3.97. The van der Waals surface area contributed by atoms with Gasteiger partial charge in [-0.2, -0.15) is 6.08 Å². The molecule has 0 bridgehead atoms. The number of fused-ring (bicyclic) bond motifs is 5. The first-order valence-corrected chi connectivity index (χ1v) is 22.3. The number of hydrogen-bond acceptors (Lipinski definition) is 0. The van der Waals surface area contributed by atoms with E-state index in [4.69, 9.17) is 0 Å². The Kier molecular flexibility index (Phi) is 15.1. The zero-order chi connectivity index (χ0) is 41.9. The van der Waals surface area contributed by atoms with Gasteiger partial charge in [-0.05, 0) is 39.5 Å². The Bertz CT molecular complexity index is 2680. The molecule has 0 heterocycles. The van der Waals surface area contributed by atoms with Crippen LogP contribution in [0.4, 0.5) is 0 Å². The van der Waals surface area contributed by atoms with Crippen LogP contribution in [-0.4, -0.2) is 3.21 Å². The normalized spacial score (nSPS) is 12.3. The van der Waals surface area contributed by atoms with Crippen LogP contribution in [0.1, 0.15) is 81.3 Å². The number of rotatable bonds is 4. The fraction of sp³-hybridized carbons (Fsp3) is 0.169. The van der Waals surface area contributed by atoms with Crippen LogP contribution in [0.5, 0.6) is 0 Å². The van der Waals surface area contributed by atoms with Gasteiger partial charge in [0.15, 0.2) is 0 Å². The Morgan fingerprint density at radius 3 is 1.52 bits per heavy atom.